The Morgan fingerprint density at radius 3 is 2.33 bits per heavy atom. The normalized spacial score (nSPS) is 12.5. The van der Waals surface area contributed by atoms with Gasteiger partial charge < -0.3 is 4.74 Å². The Morgan fingerprint density at radius 1 is 0.963 bits per heavy atom. The number of hydrazine groups is 1. The van der Waals surface area contributed by atoms with E-state index in [4.69, 9.17) is 4.74 Å². The summed E-state index contributed by atoms with van der Waals surface area (Å²) < 4.78 is 30.0. The van der Waals surface area contributed by atoms with Crippen molar-refractivity contribution in [3.05, 3.63) is 72.3 Å². The van der Waals surface area contributed by atoms with Gasteiger partial charge in [-0.15, -0.1) is 4.83 Å². The van der Waals surface area contributed by atoms with E-state index in [0.717, 1.165) is 16.3 Å². The molecule has 0 heterocycles. The second kappa shape index (κ2) is 7.77. The maximum atomic E-state index is 12.2. The number of amides is 1. The lowest BCUT2D eigenvalue weighted by Gasteiger charge is -2.15. The standard InChI is InChI=1S/C20H20N2O4S/c1-14-7-11-19(12-8-14)27(24,25)22-21-20(23)15(2)26-18-10-9-16-5-3-4-6-17(16)13-18/h3-13,15,22H,1-2H3,(H,21,23). The quantitative estimate of drug-likeness (QED) is 0.640. The van der Waals surface area contributed by atoms with Gasteiger partial charge in [-0.25, -0.2) is 8.42 Å². The van der Waals surface area contributed by atoms with E-state index in [1.807, 2.05) is 43.3 Å². The van der Waals surface area contributed by atoms with Crippen LogP contribution in [0.25, 0.3) is 10.8 Å². The lowest BCUT2D eigenvalue weighted by molar-refractivity contribution is -0.127. The average Bonchev–Trinajstić information content (AvgIpc) is 2.66. The van der Waals surface area contributed by atoms with Gasteiger partial charge >= 0.3 is 0 Å². The Morgan fingerprint density at radius 2 is 1.63 bits per heavy atom. The van der Waals surface area contributed by atoms with Crippen molar-refractivity contribution in [2.75, 3.05) is 0 Å². The molecule has 6 nitrogen and oxygen atoms in total. The number of nitrogens with one attached hydrogen (secondary N) is 2. The van der Waals surface area contributed by atoms with E-state index in [9.17, 15) is 13.2 Å². The number of hydrogen-bond donors (Lipinski definition) is 2. The van der Waals surface area contributed by atoms with Gasteiger partial charge in [-0.3, -0.25) is 10.2 Å². The van der Waals surface area contributed by atoms with Crippen LogP contribution in [0.15, 0.2) is 71.6 Å². The molecule has 27 heavy (non-hydrogen) atoms. The molecule has 0 spiro atoms. The lowest BCUT2D eigenvalue weighted by atomic mass is 10.1. The molecule has 0 aliphatic rings. The van der Waals surface area contributed by atoms with Gasteiger partial charge in [0, 0.05) is 0 Å². The summed E-state index contributed by atoms with van der Waals surface area (Å²) in [6.45, 7) is 3.40. The highest BCUT2D eigenvalue weighted by atomic mass is 32.2. The van der Waals surface area contributed by atoms with Crippen LogP contribution >= 0.6 is 0 Å². The highest BCUT2D eigenvalue weighted by Crippen LogP contribution is 2.21. The first kappa shape index (κ1) is 18.9. The van der Waals surface area contributed by atoms with Crippen molar-refractivity contribution >= 4 is 26.7 Å². The molecule has 3 rings (SSSR count). The number of aryl methyl sites for hydroxylation is 1. The minimum atomic E-state index is -3.84. The smallest absolute Gasteiger partial charge is 0.275 e. The van der Waals surface area contributed by atoms with Gasteiger partial charge in [0.25, 0.3) is 15.9 Å². The minimum absolute atomic E-state index is 0.0662. The van der Waals surface area contributed by atoms with Crippen LogP contribution in [0.2, 0.25) is 0 Å². The van der Waals surface area contributed by atoms with Crippen molar-refractivity contribution in [1.29, 1.82) is 0 Å². The molecule has 7 heteroatoms. The molecule has 3 aromatic carbocycles. The summed E-state index contributed by atoms with van der Waals surface area (Å²) in [5.74, 6) is -0.0726. The number of carbonyl (C=O) groups excluding carboxylic acids is 1. The Hall–Kier alpha value is -2.90. The van der Waals surface area contributed by atoms with Gasteiger partial charge in [-0.05, 0) is 48.9 Å². The molecule has 0 saturated carbocycles. The summed E-state index contributed by atoms with van der Waals surface area (Å²) >= 11 is 0. The molecular weight excluding hydrogens is 364 g/mol. The number of hydrogen-bond acceptors (Lipinski definition) is 4. The second-order valence-electron chi connectivity index (χ2n) is 6.18. The molecule has 1 atom stereocenters. The van der Waals surface area contributed by atoms with Gasteiger partial charge in [0.15, 0.2) is 6.10 Å². The minimum Gasteiger partial charge on any atom is -0.481 e. The molecule has 1 amide bonds. The molecular formula is C20H20N2O4S. The molecule has 0 fully saturated rings. The molecule has 2 N–H and O–H groups in total. The van der Waals surface area contributed by atoms with Crippen molar-refractivity contribution in [2.45, 2.75) is 24.8 Å². The van der Waals surface area contributed by atoms with Gasteiger partial charge in [0.05, 0.1) is 4.90 Å². The fraction of sp³-hybridized carbons (Fsp3) is 0.150. The van der Waals surface area contributed by atoms with Crippen molar-refractivity contribution in [3.63, 3.8) is 0 Å². The number of rotatable bonds is 6. The van der Waals surface area contributed by atoms with E-state index < -0.39 is 22.0 Å². The summed E-state index contributed by atoms with van der Waals surface area (Å²) in [6, 6.07) is 19.6. The first-order valence-electron chi connectivity index (χ1n) is 8.39. The molecule has 0 bridgehead atoms. The summed E-state index contributed by atoms with van der Waals surface area (Å²) in [6.07, 6.45) is -0.883. The molecule has 0 saturated heterocycles. The van der Waals surface area contributed by atoms with Crippen molar-refractivity contribution in [1.82, 2.24) is 10.3 Å². The highest BCUT2D eigenvalue weighted by molar-refractivity contribution is 7.89. The van der Waals surface area contributed by atoms with Crippen LogP contribution in [0.1, 0.15) is 12.5 Å². The van der Waals surface area contributed by atoms with E-state index in [-0.39, 0.29) is 4.90 Å². The third-order valence-electron chi connectivity index (χ3n) is 4.04. The van der Waals surface area contributed by atoms with Crippen LogP contribution in [0.3, 0.4) is 0 Å². The van der Waals surface area contributed by atoms with Crippen LogP contribution in [0, 0.1) is 6.92 Å². The summed E-state index contributed by atoms with van der Waals surface area (Å²) in [5, 5.41) is 2.05. The van der Waals surface area contributed by atoms with Crippen LogP contribution in [0.5, 0.6) is 5.75 Å². The zero-order valence-corrected chi connectivity index (χ0v) is 15.8. The molecule has 0 aromatic heterocycles. The van der Waals surface area contributed by atoms with Crippen LogP contribution in [-0.2, 0) is 14.8 Å². The summed E-state index contributed by atoms with van der Waals surface area (Å²) in [4.78, 5) is 14.3. The second-order valence-corrected chi connectivity index (χ2v) is 7.86. The third-order valence-corrected chi connectivity index (χ3v) is 5.31. The average molecular weight is 384 g/mol. The molecule has 140 valence electrons. The lowest BCUT2D eigenvalue weighted by Crippen LogP contribution is -2.47. The Labute approximate surface area is 158 Å². The van der Waals surface area contributed by atoms with E-state index in [1.54, 1.807) is 25.1 Å². The zero-order valence-electron chi connectivity index (χ0n) is 15.0. The van der Waals surface area contributed by atoms with Crippen molar-refractivity contribution in [2.24, 2.45) is 0 Å². The van der Waals surface area contributed by atoms with Crippen molar-refractivity contribution in [3.8, 4) is 5.75 Å². The number of ether oxygens (including phenoxy) is 1. The first-order valence-corrected chi connectivity index (χ1v) is 9.87. The van der Waals surface area contributed by atoms with Gasteiger partial charge in [-0.2, -0.15) is 0 Å². The van der Waals surface area contributed by atoms with Crippen molar-refractivity contribution < 1.29 is 17.9 Å². The predicted octanol–water partition coefficient (Wildman–Crippen LogP) is 2.93. The van der Waals surface area contributed by atoms with E-state index in [2.05, 4.69) is 10.3 Å². The van der Waals surface area contributed by atoms with E-state index >= 15 is 0 Å². The zero-order chi connectivity index (χ0) is 19.4. The van der Waals surface area contributed by atoms with Crippen LogP contribution in [0.4, 0.5) is 0 Å². The number of sulfonamides is 1. The fourth-order valence-electron chi connectivity index (χ4n) is 2.49. The molecule has 3 aromatic rings. The summed E-state index contributed by atoms with van der Waals surface area (Å²) in [7, 11) is -3.84. The third kappa shape index (κ3) is 4.64. The van der Waals surface area contributed by atoms with Gasteiger partial charge in [0.1, 0.15) is 5.75 Å². The van der Waals surface area contributed by atoms with E-state index in [0.29, 0.717) is 5.75 Å². The van der Waals surface area contributed by atoms with Gasteiger partial charge in [-0.1, -0.05) is 48.0 Å². The Kier molecular flexibility index (Phi) is 5.43. The molecule has 1 unspecified atom stereocenters. The topological polar surface area (TPSA) is 84.5 Å². The largest absolute Gasteiger partial charge is 0.481 e. The Bertz CT molecular complexity index is 1060. The van der Waals surface area contributed by atoms with Gasteiger partial charge in [0.2, 0.25) is 0 Å². The number of carbonyl (C=O) groups is 1. The highest BCUT2D eigenvalue weighted by Gasteiger charge is 2.19. The van der Waals surface area contributed by atoms with E-state index in [1.165, 1.54) is 12.1 Å². The maximum absolute atomic E-state index is 12.2. The SMILES string of the molecule is Cc1ccc(S(=O)(=O)NNC(=O)C(C)Oc2ccc3ccccc3c2)cc1. The molecule has 0 aliphatic heterocycles. The number of fused-ring (bicyclic) bond motifs is 1. The maximum Gasteiger partial charge on any atom is 0.275 e. The number of benzene rings is 3. The molecule has 0 radical (unpaired) electrons. The Balaban J connectivity index is 1.62. The monoisotopic (exact) mass is 384 g/mol. The first-order chi connectivity index (χ1) is 12.8. The molecule has 0 aliphatic carbocycles. The van der Waals surface area contributed by atoms with Crippen LogP contribution < -0.4 is 15.0 Å². The summed E-state index contributed by atoms with van der Waals surface area (Å²) in [5.41, 5.74) is 3.13. The van der Waals surface area contributed by atoms with Crippen LogP contribution in [-0.4, -0.2) is 20.4 Å². The predicted molar refractivity (Wildman–Crippen MR) is 104 cm³/mol. The fourth-order valence-corrected chi connectivity index (χ4v) is 3.34.